The molecule has 4 rings (SSSR count). The second-order valence-corrected chi connectivity index (χ2v) is 6.50. The zero-order valence-corrected chi connectivity index (χ0v) is 14.7. The number of halogens is 1. The standard InChI is InChI=1S/C20H22FN3O2/c1-2-22-20(23-11-13-7-8-18-19(9-13)26-12-25-18)24-17-10-15(17)14-5-3-4-6-16(14)21/h3-9,15,17H,2,10-12H2,1H3,(H2,22,23,24). The topological polar surface area (TPSA) is 54.9 Å². The summed E-state index contributed by atoms with van der Waals surface area (Å²) in [6.45, 7) is 3.59. The summed E-state index contributed by atoms with van der Waals surface area (Å²) in [5.41, 5.74) is 1.82. The van der Waals surface area contributed by atoms with Gasteiger partial charge in [0.05, 0.1) is 6.54 Å². The molecule has 1 heterocycles. The average Bonchev–Trinajstić information content (AvgIpc) is 3.24. The zero-order chi connectivity index (χ0) is 17.9. The molecule has 0 bridgehead atoms. The first-order valence-corrected chi connectivity index (χ1v) is 8.92. The Morgan fingerprint density at radius 1 is 1.19 bits per heavy atom. The second-order valence-electron chi connectivity index (χ2n) is 6.50. The molecule has 1 aliphatic heterocycles. The Morgan fingerprint density at radius 3 is 2.88 bits per heavy atom. The highest BCUT2D eigenvalue weighted by atomic mass is 19.1. The number of hydrogen-bond donors (Lipinski definition) is 2. The van der Waals surface area contributed by atoms with E-state index in [2.05, 4.69) is 15.6 Å². The minimum atomic E-state index is -0.135. The predicted molar refractivity (Wildman–Crippen MR) is 98.1 cm³/mol. The van der Waals surface area contributed by atoms with Gasteiger partial charge < -0.3 is 20.1 Å². The number of aliphatic imine (C=N–C) groups is 1. The third-order valence-corrected chi connectivity index (χ3v) is 4.62. The molecule has 2 aromatic rings. The lowest BCUT2D eigenvalue weighted by molar-refractivity contribution is 0.174. The maximum atomic E-state index is 13.9. The van der Waals surface area contributed by atoms with Crippen molar-refractivity contribution in [2.24, 2.45) is 4.99 Å². The summed E-state index contributed by atoms with van der Waals surface area (Å²) in [6, 6.07) is 13.0. The summed E-state index contributed by atoms with van der Waals surface area (Å²) in [7, 11) is 0. The van der Waals surface area contributed by atoms with E-state index in [0.29, 0.717) is 6.54 Å². The van der Waals surface area contributed by atoms with Crippen LogP contribution in [0, 0.1) is 5.82 Å². The molecule has 5 nitrogen and oxygen atoms in total. The van der Waals surface area contributed by atoms with Gasteiger partial charge in [0.1, 0.15) is 5.82 Å². The molecule has 1 fully saturated rings. The van der Waals surface area contributed by atoms with Crippen LogP contribution in [-0.4, -0.2) is 25.3 Å². The van der Waals surface area contributed by atoms with Gasteiger partial charge in [-0.15, -0.1) is 0 Å². The van der Waals surface area contributed by atoms with Crippen LogP contribution in [-0.2, 0) is 6.54 Å². The van der Waals surface area contributed by atoms with E-state index in [0.717, 1.165) is 41.6 Å². The summed E-state index contributed by atoms with van der Waals surface area (Å²) >= 11 is 0. The van der Waals surface area contributed by atoms with Crippen LogP contribution in [0.1, 0.15) is 30.4 Å². The largest absolute Gasteiger partial charge is 0.454 e. The summed E-state index contributed by atoms with van der Waals surface area (Å²) < 4.78 is 24.7. The molecular formula is C20H22FN3O2. The molecule has 136 valence electrons. The lowest BCUT2D eigenvalue weighted by Gasteiger charge is -2.11. The van der Waals surface area contributed by atoms with Gasteiger partial charge in [0, 0.05) is 18.5 Å². The normalized spacial score (nSPS) is 20.8. The summed E-state index contributed by atoms with van der Waals surface area (Å²) in [4.78, 5) is 4.64. The quantitative estimate of drug-likeness (QED) is 0.639. The van der Waals surface area contributed by atoms with Gasteiger partial charge in [-0.1, -0.05) is 24.3 Å². The van der Waals surface area contributed by atoms with Gasteiger partial charge in [-0.25, -0.2) is 9.38 Å². The number of ether oxygens (including phenoxy) is 2. The summed E-state index contributed by atoms with van der Waals surface area (Å²) in [6.07, 6.45) is 0.912. The highest BCUT2D eigenvalue weighted by molar-refractivity contribution is 5.80. The summed E-state index contributed by atoms with van der Waals surface area (Å²) in [5, 5.41) is 6.66. The molecule has 0 saturated heterocycles. The fraction of sp³-hybridized carbons (Fsp3) is 0.350. The number of nitrogens with one attached hydrogen (secondary N) is 2. The van der Waals surface area contributed by atoms with Gasteiger partial charge in [0.25, 0.3) is 0 Å². The van der Waals surface area contributed by atoms with E-state index in [1.165, 1.54) is 6.07 Å². The molecule has 2 aromatic carbocycles. The van der Waals surface area contributed by atoms with Crippen LogP contribution in [0.4, 0.5) is 4.39 Å². The van der Waals surface area contributed by atoms with Gasteiger partial charge in [-0.2, -0.15) is 0 Å². The van der Waals surface area contributed by atoms with Gasteiger partial charge in [-0.05, 0) is 42.7 Å². The third-order valence-electron chi connectivity index (χ3n) is 4.62. The molecule has 0 amide bonds. The van der Waals surface area contributed by atoms with E-state index in [4.69, 9.17) is 9.47 Å². The zero-order valence-electron chi connectivity index (χ0n) is 14.7. The Labute approximate surface area is 152 Å². The molecule has 0 spiro atoms. The van der Waals surface area contributed by atoms with Crippen molar-refractivity contribution in [3.63, 3.8) is 0 Å². The highest BCUT2D eigenvalue weighted by Gasteiger charge is 2.40. The lowest BCUT2D eigenvalue weighted by Crippen LogP contribution is -2.39. The number of fused-ring (bicyclic) bond motifs is 1. The maximum absolute atomic E-state index is 13.9. The van der Waals surface area contributed by atoms with Crippen molar-refractivity contribution in [2.75, 3.05) is 13.3 Å². The predicted octanol–water partition coefficient (Wildman–Crippen LogP) is 3.17. The van der Waals surface area contributed by atoms with Crippen molar-refractivity contribution in [1.29, 1.82) is 0 Å². The number of guanidine groups is 1. The SMILES string of the molecule is CCNC(=NCc1ccc2c(c1)OCO2)NC1CC1c1ccccc1F. The van der Waals surface area contributed by atoms with Crippen LogP contribution in [0.15, 0.2) is 47.5 Å². The van der Waals surface area contributed by atoms with Crippen molar-refractivity contribution in [1.82, 2.24) is 10.6 Å². The van der Waals surface area contributed by atoms with Crippen molar-refractivity contribution < 1.29 is 13.9 Å². The molecule has 2 atom stereocenters. The molecular weight excluding hydrogens is 333 g/mol. The van der Waals surface area contributed by atoms with Crippen LogP contribution < -0.4 is 20.1 Å². The monoisotopic (exact) mass is 355 g/mol. The average molecular weight is 355 g/mol. The molecule has 2 aliphatic rings. The summed E-state index contributed by atoms with van der Waals surface area (Å²) in [5.74, 6) is 2.34. The van der Waals surface area contributed by atoms with E-state index in [9.17, 15) is 4.39 Å². The number of hydrogen-bond acceptors (Lipinski definition) is 3. The Kier molecular flexibility index (Phi) is 4.65. The second kappa shape index (κ2) is 7.23. The van der Waals surface area contributed by atoms with Gasteiger partial charge >= 0.3 is 0 Å². The Hall–Kier alpha value is -2.76. The first-order chi connectivity index (χ1) is 12.7. The number of benzene rings is 2. The lowest BCUT2D eigenvalue weighted by atomic mass is 10.1. The Morgan fingerprint density at radius 2 is 2.04 bits per heavy atom. The van der Waals surface area contributed by atoms with Crippen molar-refractivity contribution >= 4 is 5.96 Å². The molecule has 26 heavy (non-hydrogen) atoms. The minimum absolute atomic E-state index is 0.135. The van der Waals surface area contributed by atoms with E-state index < -0.39 is 0 Å². The van der Waals surface area contributed by atoms with E-state index in [1.54, 1.807) is 6.07 Å². The van der Waals surface area contributed by atoms with E-state index >= 15 is 0 Å². The van der Waals surface area contributed by atoms with Crippen molar-refractivity contribution in [3.05, 3.63) is 59.4 Å². The van der Waals surface area contributed by atoms with Crippen LogP contribution in [0.3, 0.4) is 0 Å². The van der Waals surface area contributed by atoms with Gasteiger partial charge in [0.2, 0.25) is 6.79 Å². The molecule has 0 aromatic heterocycles. The van der Waals surface area contributed by atoms with Crippen LogP contribution >= 0.6 is 0 Å². The highest BCUT2D eigenvalue weighted by Crippen LogP contribution is 2.41. The molecule has 6 heteroatoms. The van der Waals surface area contributed by atoms with Gasteiger partial charge in [-0.3, -0.25) is 0 Å². The maximum Gasteiger partial charge on any atom is 0.231 e. The fourth-order valence-electron chi connectivity index (χ4n) is 3.18. The first-order valence-electron chi connectivity index (χ1n) is 8.92. The van der Waals surface area contributed by atoms with Gasteiger partial charge in [0.15, 0.2) is 17.5 Å². The van der Waals surface area contributed by atoms with Crippen LogP contribution in [0.2, 0.25) is 0 Å². The van der Waals surface area contributed by atoms with Crippen molar-refractivity contribution in [2.45, 2.75) is 31.8 Å². The first kappa shape index (κ1) is 16.7. The smallest absolute Gasteiger partial charge is 0.231 e. The Bertz CT molecular complexity index is 824. The van der Waals surface area contributed by atoms with E-state index in [1.807, 2.05) is 37.3 Å². The fourth-order valence-corrected chi connectivity index (χ4v) is 3.18. The third kappa shape index (κ3) is 3.59. The molecule has 1 saturated carbocycles. The minimum Gasteiger partial charge on any atom is -0.454 e. The van der Waals surface area contributed by atoms with Crippen molar-refractivity contribution in [3.8, 4) is 11.5 Å². The van der Waals surface area contributed by atoms with Crippen LogP contribution in [0.25, 0.3) is 0 Å². The Balaban J connectivity index is 1.40. The molecule has 0 radical (unpaired) electrons. The van der Waals surface area contributed by atoms with Crippen LogP contribution in [0.5, 0.6) is 11.5 Å². The number of nitrogens with zero attached hydrogens (tertiary/aromatic N) is 1. The molecule has 2 unspecified atom stereocenters. The van der Waals surface area contributed by atoms with E-state index in [-0.39, 0.29) is 24.6 Å². The number of rotatable bonds is 5. The molecule has 1 aliphatic carbocycles. The molecule has 2 N–H and O–H groups in total.